The Morgan fingerprint density at radius 3 is 2.60 bits per heavy atom. The summed E-state index contributed by atoms with van der Waals surface area (Å²) in [7, 11) is 1.61. The molecule has 0 unspecified atom stereocenters. The van der Waals surface area contributed by atoms with Gasteiger partial charge in [0.05, 0.1) is 24.1 Å². The lowest BCUT2D eigenvalue weighted by Gasteiger charge is -2.14. The summed E-state index contributed by atoms with van der Waals surface area (Å²) in [4.78, 5) is 21.6. The molecular weight excluding hydrogens is 438 g/mol. The fourth-order valence-electron chi connectivity index (χ4n) is 4.13. The van der Waals surface area contributed by atoms with Crippen molar-refractivity contribution in [2.45, 2.75) is 45.6 Å². The quantitative estimate of drug-likeness (QED) is 0.315. The highest BCUT2D eigenvalue weighted by Gasteiger charge is 2.31. The Morgan fingerprint density at radius 2 is 1.91 bits per heavy atom. The topological polar surface area (TPSA) is 85.8 Å². The molecule has 0 amide bonds. The van der Waals surface area contributed by atoms with Gasteiger partial charge in [0.25, 0.3) is 0 Å². The highest BCUT2D eigenvalue weighted by Crippen LogP contribution is 2.45. The lowest BCUT2D eigenvalue weighted by atomic mass is 10.0. The van der Waals surface area contributed by atoms with Crippen LogP contribution in [0.2, 0.25) is 0 Å². The predicted molar refractivity (Wildman–Crippen MR) is 136 cm³/mol. The minimum absolute atomic E-state index is 0.388. The molecule has 178 valence electrons. The molecule has 7 nitrogen and oxygen atoms in total. The Balaban J connectivity index is 1.48. The summed E-state index contributed by atoms with van der Waals surface area (Å²) in [5.74, 6) is 1.87. The second-order valence-corrected chi connectivity index (χ2v) is 8.69. The van der Waals surface area contributed by atoms with Crippen LogP contribution in [0.1, 0.15) is 55.8 Å². The average Bonchev–Trinajstić information content (AvgIpc) is 3.61. The molecule has 35 heavy (non-hydrogen) atoms. The van der Waals surface area contributed by atoms with E-state index in [4.69, 9.17) is 14.5 Å². The van der Waals surface area contributed by atoms with E-state index in [0.717, 1.165) is 47.3 Å². The van der Waals surface area contributed by atoms with Crippen LogP contribution in [-0.2, 0) is 6.61 Å². The number of ether oxygens (including phenoxy) is 2. The number of rotatable bonds is 9. The third-order valence-corrected chi connectivity index (χ3v) is 6.16. The molecule has 0 bridgehead atoms. The predicted octanol–water partition coefficient (Wildman–Crippen LogP) is 6.21. The molecule has 0 radical (unpaired) electrons. The molecule has 1 fully saturated rings. The summed E-state index contributed by atoms with van der Waals surface area (Å²) in [5, 5.41) is 0. The fraction of sp³-hybridized carbons (Fsp3) is 0.286. The number of allylic oxidation sites excluding steroid dienone is 2. The summed E-state index contributed by atoms with van der Waals surface area (Å²) in [6.07, 6.45) is 10.6. The van der Waals surface area contributed by atoms with Gasteiger partial charge in [-0.15, -0.1) is 0 Å². The van der Waals surface area contributed by atoms with Crippen molar-refractivity contribution in [2.24, 2.45) is 0 Å². The van der Waals surface area contributed by atoms with Crippen molar-refractivity contribution in [1.82, 2.24) is 24.9 Å². The monoisotopic (exact) mass is 467 g/mol. The van der Waals surface area contributed by atoms with Crippen LogP contribution in [0.4, 0.5) is 0 Å². The van der Waals surface area contributed by atoms with Crippen LogP contribution in [0.3, 0.4) is 0 Å². The van der Waals surface area contributed by atoms with Gasteiger partial charge in [-0.05, 0) is 55.0 Å². The maximum atomic E-state index is 6.28. The maximum absolute atomic E-state index is 6.28. The van der Waals surface area contributed by atoms with E-state index >= 15 is 0 Å². The van der Waals surface area contributed by atoms with Crippen molar-refractivity contribution in [1.29, 1.82) is 0 Å². The van der Waals surface area contributed by atoms with Crippen LogP contribution in [0.25, 0.3) is 28.2 Å². The van der Waals surface area contributed by atoms with Crippen LogP contribution in [0.15, 0.2) is 61.2 Å². The Kier molecular flexibility index (Phi) is 6.57. The van der Waals surface area contributed by atoms with Gasteiger partial charge in [-0.25, -0.2) is 15.0 Å². The smallest absolute Gasteiger partial charge is 0.227 e. The zero-order valence-corrected chi connectivity index (χ0v) is 20.3. The summed E-state index contributed by atoms with van der Waals surface area (Å²) in [6.45, 7) is 4.67. The molecule has 1 aromatic carbocycles. The van der Waals surface area contributed by atoms with Gasteiger partial charge in [0.1, 0.15) is 18.5 Å². The van der Waals surface area contributed by atoms with E-state index < -0.39 is 0 Å². The Bertz CT molecular complexity index is 1330. The van der Waals surface area contributed by atoms with E-state index in [0.29, 0.717) is 30.1 Å². The molecule has 0 atom stereocenters. The van der Waals surface area contributed by atoms with Crippen molar-refractivity contribution in [2.75, 3.05) is 7.11 Å². The first-order valence-electron chi connectivity index (χ1n) is 12.0. The first-order valence-corrected chi connectivity index (χ1v) is 12.0. The lowest BCUT2D eigenvalue weighted by Crippen LogP contribution is -2.05. The minimum atomic E-state index is 0.388. The third-order valence-electron chi connectivity index (χ3n) is 6.16. The van der Waals surface area contributed by atoms with Crippen molar-refractivity contribution in [3.8, 4) is 34.4 Å². The van der Waals surface area contributed by atoms with E-state index in [9.17, 15) is 0 Å². The number of aromatic nitrogens is 5. The number of hydrogen-bond acceptors (Lipinski definition) is 6. The number of hydrogen-bond donors (Lipinski definition) is 1. The first kappa shape index (κ1) is 22.8. The first-order chi connectivity index (χ1) is 17.2. The van der Waals surface area contributed by atoms with Gasteiger partial charge in [-0.2, -0.15) is 4.98 Å². The van der Waals surface area contributed by atoms with Crippen LogP contribution in [-0.4, -0.2) is 32.0 Å². The fourth-order valence-corrected chi connectivity index (χ4v) is 4.13. The molecule has 4 aromatic rings. The van der Waals surface area contributed by atoms with Crippen LogP contribution >= 0.6 is 0 Å². The zero-order chi connectivity index (χ0) is 24.2. The molecule has 5 rings (SSSR count). The normalized spacial score (nSPS) is 13.6. The van der Waals surface area contributed by atoms with Crippen molar-refractivity contribution in [3.05, 3.63) is 78.0 Å². The molecule has 1 aliphatic carbocycles. The Hall–Kier alpha value is -4.00. The van der Waals surface area contributed by atoms with Crippen molar-refractivity contribution < 1.29 is 9.47 Å². The molecule has 1 aliphatic rings. The highest BCUT2D eigenvalue weighted by atomic mass is 16.5. The second-order valence-electron chi connectivity index (χ2n) is 8.69. The SMILES string of the molecule is CCC=C(C)c1ccc(COc2nc(-c3c(OC)ncnc3C3CC3)ncc2-c2ccc[nH]2)cc1. The molecule has 3 aromatic heterocycles. The minimum Gasteiger partial charge on any atom is -0.480 e. The van der Waals surface area contributed by atoms with Gasteiger partial charge < -0.3 is 14.5 Å². The van der Waals surface area contributed by atoms with Gasteiger partial charge in [-0.1, -0.05) is 37.3 Å². The summed E-state index contributed by atoms with van der Waals surface area (Å²) >= 11 is 0. The van der Waals surface area contributed by atoms with Crippen LogP contribution in [0, 0.1) is 0 Å². The summed E-state index contributed by atoms with van der Waals surface area (Å²) in [5.41, 5.74) is 6.91. The molecule has 1 N–H and O–H groups in total. The van der Waals surface area contributed by atoms with Gasteiger partial charge in [-0.3, -0.25) is 0 Å². The molecule has 1 saturated carbocycles. The molecule has 0 saturated heterocycles. The lowest BCUT2D eigenvalue weighted by molar-refractivity contribution is 0.295. The van der Waals surface area contributed by atoms with E-state index in [1.165, 1.54) is 11.1 Å². The zero-order valence-electron chi connectivity index (χ0n) is 20.3. The molecule has 0 aliphatic heterocycles. The van der Waals surface area contributed by atoms with E-state index in [-0.39, 0.29) is 0 Å². The average molecular weight is 468 g/mol. The maximum Gasteiger partial charge on any atom is 0.227 e. The van der Waals surface area contributed by atoms with Gasteiger partial charge in [0.15, 0.2) is 5.82 Å². The number of nitrogens with one attached hydrogen (secondary N) is 1. The van der Waals surface area contributed by atoms with E-state index in [1.54, 1.807) is 19.6 Å². The number of benzene rings is 1. The Morgan fingerprint density at radius 1 is 1.09 bits per heavy atom. The second kappa shape index (κ2) is 10.1. The number of methoxy groups -OCH3 is 1. The summed E-state index contributed by atoms with van der Waals surface area (Å²) < 4.78 is 11.8. The van der Waals surface area contributed by atoms with Crippen molar-refractivity contribution in [3.63, 3.8) is 0 Å². The standard InChI is InChI=1S/C28H29N5O2/c1-4-6-18(2)20-10-8-19(9-11-20)16-35-27-22(23-7-5-14-29-23)15-30-26(33-27)24-25(21-12-13-21)31-17-32-28(24)34-3/h5-11,14-15,17,21,29H,4,12-13,16H2,1-3H3. The number of aromatic amines is 1. The van der Waals surface area contributed by atoms with Crippen LogP contribution in [0.5, 0.6) is 11.8 Å². The highest BCUT2D eigenvalue weighted by molar-refractivity contribution is 5.70. The van der Waals surface area contributed by atoms with Crippen LogP contribution < -0.4 is 9.47 Å². The van der Waals surface area contributed by atoms with E-state index in [1.807, 2.05) is 18.3 Å². The van der Waals surface area contributed by atoms with E-state index in [2.05, 4.69) is 64.1 Å². The largest absolute Gasteiger partial charge is 0.480 e. The van der Waals surface area contributed by atoms with Gasteiger partial charge in [0, 0.05) is 18.3 Å². The van der Waals surface area contributed by atoms with Crippen molar-refractivity contribution >= 4 is 5.57 Å². The molecular formula is C28H29N5O2. The number of H-pyrrole nitrogens is 1. The molecule has 3 heterocycles. The summed E-state index contributed by atoms with van der Waals surface area (Å²) in [6, 6.07) is 12.4. The Labute approximate surface area is 205 Å². The number of nitrogens with zero attached hydrogens (tertiary/aromatic N) is 4. The van der Waals surface area contributed by atoms with Gasteiger partial charge >= 0.3 is 0 Å². The molecule has 0 spiro atoms. The molecule has 7 heteroatoms. The van der Waals surface area contributed by atoms with Gasteiger partial charge in [0.2, 0.25) is 11.8 Å². The third kappa shape index (κ3) is 4.94.